The predicted molar refractivity (Wildman–Crippen MR) is 67.8 cm³/mol. The van der Waals surface area contributed by atoms with Crippen LogP contribution in [-0.4, -0.2) is 12.9 Å². The summed E-state index contributed by atoms with van der Waals surface area (Å²) in [5.41, 5.74) is 12.4. The number of benzene rings is 1. The zero-order valence-electron chi connectivity index (χ0n) is 9.27. The van der Waals surface area contributed by atoms with Gasteiger partial charge in [-0.3, -0.25) is 5.73 Å². The molecule has 0 saturated carbocycles. The van der Waals surface area contributed by atoms with E-state index in [0.717, 1.165) is 0 Å². The third-order valence-electron chi connectivity index (χ3n) is 2.44. The number of nitrogens with one attached hydrogen (secondary N) is 1. The summed E-state index contributed by atoms with van der Waals surface area (Å²) in [4.78, 5) is 4.17. The van der Waals surface area contributed by atoms with Crippen LogP contribution in [0.2, 0.25) is 5.02 Å². The normalized spacial score (nSPS) is 22.9. The molecule has 17 heavy (non-hydrogen) atoms. The molecule has 1 aromatic carbocycles. The van der Waals surface area contributed by atoms with Gasteiger partial charge in [0, 0.05) is 6.20 Å². The Morgan fingerprint density at radius 2 is 2.24 bits per heavy atom. The summed E-state index contributed by atoms with van der Waals surface area (Å²) in [6.45, 7) is 0. The van der Waals surface area contributed by atoms with E-state index < -0.39 is 5.79 Å². The van der Waals surface area contributed by atoms with Crippen molar-refractivity contribution in [3.05, 3.63) is 41.1 Å². The third kappa shape index (κ3) is 2.07. The summed E-state index contributed by atoms with van der Waals surface area (Å²) in [7, 11) is 1.53. The van der Waals surface area contributed by atoms with Crippen molar-refractivity contribution in [3.63, 3.8) is 0 Å². The van der Waals surface area contributed by atoms with E-state index in [4.69, 9.17) is 27.8 Å². The average molecular weight is 253 g/mol. The highest BCUT2D eigenvalue weighted by molar-refractivity contribution is 6.32. The smallest absolute Gasteiger partial charge is 0.214 e. The molecule has 0 aromatic heterocycles. The largest absolute Gasteiger partial charge is 0.495 e. The van der Waals surface area contributed by atoms with Gasteiger partial charge in [0.15, 0.2) is 0 Å². The molecule has 0 amide bonds. The number of hydrogen-bond acceptors (Lipinski definition) is 5. The van der Waals surface area contributed by atoms with Gasteiger partial charge in [0.1, 0.15) is 11.6 Å². The van der Waals surface area contributed by atoms with Crippen LogP contribution in [-0.2, 0) is 5.79 Å². The van der Waals surface area contributed by atoms with Crippen molar-refractivity contribution in [1.82, 2.24) is 5.32 Å². The van der Waals surface area contributed by atoms with E-state index in [1.165, 1.54) is 7.11 Å². The summed E-state index contributed by atoms with van der Waals surface area (Å²) in [6.07, 6.45) is 3.27. The van der Waals surface area contributed by atoms with Crippen LogP contribution in [0.5, 0.6) is 5.75 Å². The fourth-order valence-corrected chi connectivity index (χ4v) is 1.93. The standard InChI is InChI=1S/C11H13ClN4O/c1-17-10-7(3-2-4-8(10)12)11(14)15-6-5-9(13)16-11/h2-6,15H,14H2,1H3,(H2,13,16). The maximum absolute atomic E-state index is 6.15. The fourth-order valence-electron chi connectivity index (χ4n) is 1.68. The second-order valence-corrected chi connectivity index (χ2v) is 4.01. The Bertz CT molecular complexity index is 500. The molecule has 1 aliphatic rings. The molecule has 1 aliphatic heterocycles. The lowest BCUT2D eigenvalue weighted by Crippen LogP contribution is -2.49. The first-order valence-corrected chi connectivity index (χ1v) is 5.36. The van der Waals surface area contributed by atoms with Gasteiger partial charge in [0.05, 0.1) is 17.7 Å². The monoisotopic (exact) mass is 252 g/mol. The highest BCUT2D eigenvalue weighted by Crippen LogP contribution is 2.34. The molecule has 0 bridgehead atoms. The first-order chi connectivity index (χ1) is 8.07. The summed E-state index contributed by atoms with van der Waals surface area (Å²) in [6, 6.07) is 5.28. The van der Waals surface area contributed by atoms with E-state index in [2.05, 4.69) is 10.3 Å². The number of amidine groups is 1. The molecule has 0 radical (unpaired) electrons. The quantitative estimate of drug-likeness (QED) is 0.730. The minimum Gasteiger partial charge on any atom is -0.495 e. The van der Waals surface area contributed by atoms with Crippen molar-refractivity contribution in [2.45, 2.75) is 5.79 Å². The van der Waals surface area contributed by atoms with Crippen LogP contribution in [0.1, 0.15) is 5.56 Å². The van der Waals surface area contributed by atoms with Crippen LogP contribution < -0.4 is 21.5 Å². The molecule has 1 atom stereocenters. The van der Waals surface area contributed by atoms with Gasteiger partial charge >= 0.3 is 0 Å². The van der Waals surface area contributed by atoms with Gasteiger partial charge in [-0.2, -0.15) is 0 Å². The van der Waals surface area contributed by atoms with E-state index >= 15 is 0 Å². The third-order valence-corrected chi connectivity index (χ3v) is 2.74. The predicted octanol–water partition coefficient (Wildman–Crippen LogP) is 0.892. The number of aliphatic imine (C=N–C) groups is 1. The van der Waals surface area contributed by atoms with Gasteiger partial charge in [0.2, 0.25) is 5.79 Å². The Morgan fingerprint density at radius 1 is 1.47 bits per heavy atom. The van der Waals surface area contributed by atoms with E-state index in [1.54, 1.807) is 30.5 Å². The summed E-state index contributed by atoms with van der Waals surface area (Å²) >= 11 is 6.04. The molecule has 1 aromatic rings. The van der Waals surface area contributed by atoms with Crippen molar-refractivity contribution in [2.24, 2.45) is 16.5 Å². The first-order valence-electron chi connectivity index (χ1n) is 4.98. The van der Waals surface area contributed by atoms with Crippen molar-refractivity contribution >= 4 is 17.4 Å². The Balaban J connectivity index is 2.54. The Hall–Kier alpha value is -1.72. The van der Waals surface area contributed by atoms with Crippen molar-refractivity contribution in [2.75, 3.05) is 7.11 Å². The number of methoxy groups -OCH3 is 1. The average Bonchev–Trinajstić information content (AvgIpc) is 2.28. The number of rotatable bonds is 2. The summed E-state index contributed by atoms with van der Waals surface area (Å²) in [5, 5.41) is 3.41. The Morgan fingerprint density at radius 3 is 2.88 bits per heavy atom. The minimum absolute atomic E-state index is 0.341. The number of halogens is 1. The molecule has 1 heterocycles. The van der Waals surface area contributed by atoms with Crippen LogP contribution in [0.25, 0.3) is 0 Å². The van der Waals surface area contributed by atoms with Gasteiger partial charge in [0.25, 0.3) is 0 Å². The Labute approximate surface area is 104 Å². The van der Waals surface area contributed by atoms with E-state index in [1.807, 2.05) is 0 Å². The van der Waals surface area contributed by atoms with Crippen LogP contribution in [0, 0.1) is 0 Å². The molecule has 6 heteroatoms. The molecule has 2 rings (SSSR count). The lowest BCUT2D eigenvalue weighted by molar-refractivity contribution is 0.360. The molecule has 5 N–H and O–H groups in total. The van der Waals surface area contributed by atoms with Crippen molar-refractivity contribution < 1.29 is 4.74 Å². The zero-order chi connectivity index (χ0) is 12.5. The van der Waals surface area contributed by atoms with E-state index in [-0.39, 0.29) is 0 Å². The lowest BCUT2D eigenvalue weighted by atomic mass is 10.1. The number of ether oxygens (including phenoxy) is 1. The molecule has 1 unspecified atom stereocenters. The van der Waals surface area contributed by atoms with Gasteiger partial charge in [-0.25, -0.2) is 4.99 Å². The van der Waals surface area contributed by atoms with Gasteiger partial charge in [-0.1, -0.05) is 17.7 Å². The number of nitrogens with zero attached hydrogens (tertiary/aromatic N) is 1. The molecule has 0 aliphatic carbocycles. The van der Waals surface area contributed by atoms with Crippen LogP contribution in [0.3, 0.4) is 0 Å². The lowest BCUT2D eigenvalue weighted by Gasteiger charge is -2.30. The first kappa shape index (κ1) is 11.8. The molecule has 5 nitrogen and oxygen atoms in total. The molecule has 0 fully saturated rings. The Kier molecular flexibility index (Phi) is 2.95. The van der Waals surface area contributed by atoms with Gasteiger partial charge in [-0.15, -0.1) is 0 Å². The van der Waals surface area contributed by atoms with Crippen LogP contribution in [0.4, 0.5) is 0 Å². The number of hydrogen-bond donors (Lipinski definition) is 3. The molecule has 0 spiro atoms. The fraction of sp³-hybridized carbons (Fsp3) is 0.182. The molecular weight excluding hydrogens is 240 g/mol. The number of para-hydroxylation sites is 1. The maximum atomic E-state index is 6.15. The van der Waals surface area contributed by atoms with Gasteiger partial charge in [-0.05, 0) is 18.2 Å². The SMILES string of the molecule is COc1c(Cl)cccc1C1(N)N=C(N)C=CN1. The molecular formula is C11H13ClN4O. The van der Waals surface area contributed by atoms with E-state index in [0.29, 0.717) is 22.2 Å². The maximum Gasteiger partial charge on any atom is 0.214 e. The topological polar surface area (TPSA) is 85.7 Å². The van der Waals surface area contributed by atoms with Crippen molar-refractivity contribution in [3.8, 4) is 5.75 Å². The van der Waals surface area contributed by atoms with Crippen LogP contribution in [0.15, 0.2) is 35.5 Å². The summed E-state index contributed by atoms with van der Waals surface area (Å²) < 4.78 is 5.24. The highest BCUT2D eigenvalue weighted by Gasteiger charge is 2.31. The van der Waals surface area contributed by atoms with E-state index in [9.17, 15) is 0 Å². The highest BCUT2D eigenvalue weighted by atomic mass is 35.5. The molecule has 90 valence electrons. The second kappa shape index (κ2) is 4.27. The van der Waals surface area contributed by atoms with Crippen LogP contribution >= 0.6 is 11.6 Å². The second-order valence-electron chi connectivity index (χ2n) is 3.60. The van der Waals surface area contributed by atoms with Crippen molar-refractivity contribution in [1.29, 1.82) is 0 Å². The van der Waals surface area contributed by atoms with Gasteiger partial charge < -0.3 is 15.8 Å². The summed E-state index contributed by atoms with van der Waals surface area (Å²) in [5.74, 6) is -0.334. The minimum atomic E-state index is -1.16. The number of nitrogens with two attached hydrogens (primary N) is 2. The zero-order valence-corrected chi connectivity index (χ0v) is 10.0. The molecule has 0 saturated heterocycles.